The second-order valence-corrected chi connectivity index (χ2v) is 5.07. The number of quaternary nitrogens is 1. The van der Waals surface area contributed by atoms with E-state index in [1.54, 1.807) is 0 Å². The number of rotatable bonds is 9. The molecule has 0 fully saturated rings. The maximum absolute atomic E-state index is 9.29. The molecule has 100 valence electrons. The van der Waals surface area contributed by atoms with Crippen molar-refractivity contribution in [2.45, 2.75) is 45.6 Å². The molecule has 1 atom stereocenters. The van der Waals surface area contributed by atoms with E-state index in [2.05, 4.69) is 21.0 Å². The Morgan fingerprint density at radius 2 is 1.81 bits per heavy atom. The highest BCUT2D eigenvalue weighted by Crippen LogP contribution is 2.03. The molecule has 1 unspecified atom stereocenters. The molecular weight excluding hydrogens is 226 g/mol. The van der Waals surface area contributed by atoms with Crippen LogP contribution >= 0.6 is 0 Å². The summed E-state index contributed by atoms with van der Waals surface area (Å²) in [5.41, 5.74) is 0. The largest absolute Gasteiger partial charge is 1.00 e. The third kappa shape index (κ3) is 12.2. The van der Waals surface area contributed by atoms with Gasteiger partial charge in [-0.05, 0) is 13.3 Å². The van der Waals surface area contributed by atoms with Gasteiger partial charge in [-0.3, -0.25) is 0 Å². The maximum atomic E-state index is 9.29. The van der Waals surface area contributed by atoms with E-state index >= 15 is 0 Å². The predicted octanol–water partition coefficient (Wildman–Crippen LogP) is -0.998. The van der Waals surface area contributed by atoms with Crippen LogP contribution in [0.4, 0.5) is 0 Å². The molecule has 0 amide bonds. The summed E-state index contributed by atoms with van der Waals surface area (Å²) in [5, 5.41) is 9.29. The molecule has 4 heteroatoms. The van der Waals surface area contributed by atoms with Crippen LogP contribution in [0.3, 0.4) is 0 Å². The Balaban J connectivity index is 0. The smallest absolute Gasteiger partial charge is 0.182 e. The number of hydrogen-bond donors (Lipinski definition) is 1. The Kier molecular flexibility index (Phi) is 12.0. The van der Waals surface area contributed by atoms with Crippen molar-refractivity contribution in [1.29, 1.82) is 0 Å². The molecule has 0 heterocycles. The van der Waals surface area contributed by atoms with Crippen LogP contribution in [0.15, 0.2) is 0 Å². The van der Waals surface area contributed by atoms with Gasteiger partial charge < -0.3 is 26.7 Å². The molecule has 3 nitrogen and oxygen atoms in total. The van der Waals surface area contributed by atoms with E-state index < -0.39 is 0 Å². The molecule has 0 bridgehead atoms. The molecule has 1 N–H and O–H groups in total. The SMILES string of the molecule is CCCCCCOC[N+](C)(C)CC(C)O.[Cl-]. The van der Waals surface area contributed by atoms with Crippen molar-refractivity contribution in [2.75, 3.05) is 34.0 Å². The van der Waals surface area contributed by atoms with Gasteiger partial charge in [0, 0.05) is 0 Å². The van der Waals surface area contributed by atoms with E-state index in [1.807, 2.05) is 6.92 Å². The van der Waals surface area contributed by atoms with Crippen molar-refractivity contribution in [1.82, 2.24) is 0 Å². The van der Waals surface area contributed by atoms with Crippen molar-refractivity contribution >= 4 is 0 Å². The van der Waals surface area contributed by atoms with Crippen LogP contribution in [-0.4, -0.2) is 49.7 Å². The summed E-state index contributed by atoms with van der Waals surface area (Å²) < 4.78 is 6.33. The minimum atomic E-state index is -0.260. The Hall–Kier alpha value is 0.170. The monoisotopic (exact) mass is 253 g/mol. The third-order valence-electron chi connectivity index (χ3n) is 2.34. The lowest BCUT2D eigenvalue weighted by Gasteiger charge is -2.30. The van der Waals surface area contributed by atoms with Gasteiger partial charge in [0.1, 0.15) is 12.6 Å². The van der Waals surface area contributed by atoms with Crippen LogP contribution in [0.5, 0.6) is 0 Å². The highest BCUT2D eigenvalue weighted by atomic mass is 35.5. The van der Waals surface area contributed by atoms with Gasteiger partial charge in [-0.25, -0.2) is 0 Å². The van der Waals surface area contributed by atoms with E-state index in [9.17, 15) is 5.11 Å². The average molecular weight is 254 g/mol. The molecule has 0 aromatic rings. The summed E-state index contributed by atoms with van der Waals surface area (Å²) in [6, 6.07) is 0. The summed E-state index contributed by atoms with van der Waals surface area (Å²) in [6.07, 6.45) is 4.73. The number of likely N-dealkylation sites (N-methyl/N-ethyl adjacent to an activating group) is 1. The molecule has 16 heavy (non-hydrogen) atoms. The zero-order valence-electron chi connectivity index (χ0n) is 11.2. The molecule has 0 aromatic heterocycles. The van der Waals surface area contributed by atoms with E-state index in [1.165, 1.54) is 19.3 Å². The van der Waals surface area contributed by atoms with Crippen LogP contribution in [0.25, 0.3) is 0 Å². The Bertz CT molecular complexity index is 152. The van der Waals surface area contributed by atoms with Crippen LogP contribution in [0.1, 0.15) is 39.5 Å². The average Bonchev–Trinajstić information content (AvgIpc) is 2.08. The number of ether oxygens (including phenoxy) is 1. The first-order valence-corrected chi connectivity index (χ1v) is 6.06. The number of aliphatic hydroxyl groups is 1. The lowest BCUT2D eigenvalue weighted by molar-refractivity contribution is -0.912. The highest BCUT2D eigenvalue weighted by Gasteiger charge is 2.17. The lowest BCUT2D eigenvalue weighted by atomic mass is 10.2. The normalized spacial score (nSPS) is 13.3. The number of nitrogens with zero attached hydrogens (tertiary/aromatic N) is 1. The van der Waals surface area contributed by atoms with Crippen LogP contribution in [-0.2, 0) is 4.74 Å². The van der Waals surface area contributed by atoms with E-state index in [0.29, 0.717) is 6.73 Å². The molecule has 0 rings (SSSR count). The predicted molar refractivity (Wildman–Crippen MR) is 63.6 cm³/mol. The van der Waals surface area contributed by atoms with Gasteiger partial charge in [0.2, 0.25) is 0 Å². The molecule has 0 aliphatic heterocycles. The second kappa shape index (κ2) is 10.3. The van der Waals surface area contributed by atoms with Gasteiger partial charge in [0.25, 0.3) is 0 Å². The topological polar surface area (TPSA) is 29.5 Å². The summed E-state index contributed by atoms with van der Waals surface area (Å²) in [6.45, 7) is 6.32. The maximum Gasteiger partial charge on any atom is 0.182 e. The fraction of sp³-hybridized carbons (Fsp3) is 1.00. The molecule has 0 saturated carbocycles. The Morgan fingerprint density at radius 3 is 2.31 bits per heavy atom. The molecule has 0 saturated heterocycles. The zero-order valence-corrected chi connectivity index (χ0v) is 12.0. The van der Waals surface area contributed by atoms with Crippen molar-refractivity contribution in [2.24, 2.45) is 0 Å². The number of halogens is 1. The summed E-state index contributed by atoms with van der Waals surface area (Å²) in [4.78, 5) is 0. The minimum Gasteiger partial charge on any atom is -1.00 e. The molecular formula is C12H28ClNO2. The molecule has 0 aromatic carbocycles. The first-order chi connectivity index (χ1) is 6.98. The highest BCUT2D eigenvalue weighted by molar-refractivity contribution is 4.41. The molecule has 0 aliphatic rings. The van der Waals surface area contributed by atoms with Gasteiger partial charge in [-0.15, -0.1) is 0 Å². The van der Waals surface area contributed by atoms with Gasteiger partial charge in [-0.1, -0.05) is 26.2 Å². The van der Waals surface area contributed by atoms with Crippen LogP contribution in [0, 0.1) is 0 Å². The van der Waals surface area contributed by atoms with E-state index in [4.69, 9.17) is 4.74 Å². The number of unbranched alkanes of at least 4 members (excludes halogenated alkanes) is 3. The summed E-state index contributed by atoms with van der Waals surface area (Å²) in [7, 11) is 4.16. The zero-order chi connectivity index (χ0) is 11.7. The van der Waals surface area contributed by atoms with Gasteiger partial charge in [0.05, 0.1) is 20.7 Å². The fourth-order valence-corrected chi connectivity index (χ4v) is 1.71. The summed E-state index contributed by atoms with van der Waals surface area (Å²) >= 11 is 0. The van der Waals surface area contributed by atoms with Crippen molar-refractivity contribution in [3.63, 3.8) is 0 Å². The first kappa shape index (κ1) is 18.5. The molecule has 0 spiro atoms. The number of aliphatic hydroxyl groups excluding tert-OH is 1. The standard InChI is InChI=1S/C12H28NO2.ClH/c1-5-6-7-8-9-15-11-13(3,4)10-12(2)14;/h12,14H,5-11H2,1-4H3;1H/q+1;/p-1. The van der Waals surface area contributed by atoms with Gasteiger partial charge in [0.15, 0.2) is 6.73 Å². The van der Waals surface area contributed by atoms with Crippen LogP contribution < -0.4 is 12.4 Å². The first-order valence-electron chi connectivity index (χ1n) is 6.06. The number of hydrogen-bond acceptors (Lipinski definition) is 2. The molecule has 0 radical (unpaired) electrons. The lowest BCUT2D eigenvalue weighted by Crippen LogP contribution is -3.00. The minimum absolute atomic E-state index is 0. The third-order valence-corrected chi connectivity index (χ3v) is 2.34. The summed E-state index contributed by atoms with van der Waals surface area (Å²) in [5.74, 6) is 0. The van der Waals surface area contributed by atoms with Crippen molar-refractivity contribution < 1.29 is 26.7 Å². The van der Waals surface area contributed by atoms with Crippen molar-refractivity contribution in [3.8, 4) is 0 Å². The van der Waals surface area contributed by atoms with E-state index in [0.717, 1.165) is 24.1 Å². The Morgan fingerprint density at radius 1 is 1.19 bits per heavy atom. The Labute approximate surface area is 107 Å². The second-order valence-electron chi connectivity index (χ2n) is 5.07. The molecule has 0 aliphatic carbocycles. The van der Waals surface area contributed by atoms with Crippen LogP contribution in [0.2, 0.25) is 0 Å². The fourth-order valence-electron chi connectivity index (χ4n) is 1.71. The van der Waals surface area contributed by atoms with Crippen molar-refractivity contribution in [3.05, 3.63) is 0 Å². The quantitative estimate of drug-likeness (QED) is 0.325. The van der Waals surface area contributed by atoms with Gasteiger partial charge >= 0.3 is 0 Å². The van der Waals surface area contributed by atoms with Gasteiger partial charge in [-0.2, -0.15) is 0 Å². The van der Waals surface area contributed by atoms with E-state index in [-0.39, 0.29) is 18.5 Å².